The van der Waals surface area contributed by atoms with E-state index < -0.39 is 8.32 Å². The van der Waals surface area contributed by atoms with E-state index in [1.54, 1.807) is 0 Å². The van der Waals surface area contributed by atoms with Gasteiger partial charge < -0.3 is 9.22 Å². The van der Waals surface area contributed by atoms with E-state index in [2.05, 4.69) is 67.5 Å². The van der Waals surface area contributed by atoms with E-state index in [9.17, 15) is 4.79 Å². The Morgan fingerprint density at radius 3 is 2.27 bits per heavy atom. The molecule has 172 valence electrons. The van der Waals surface area contributed by atoms with Crippen LogP contribution in [0.4, 0.5) is 0 Å². The highest BCUT2D eigenvalue weighted by atomic mass is 28.4. The van der Waals surface area contributed by atoms with Gasteiger partial charge >= 0.3 is 0 Å². The van der Waals surface area contributed by atoms with Crippen molar-refractivity contribution in [1.82, 2.24) is 0 Å². The Labute approximate surface area is 188 Å². The van der Waals surface area contributed by atoms with E-state index in [4.69, 9.17) is 4.43 Å². The van der Waals surface area contributed by atoms with Crippen LogP contribution in [-0.4, -0.2) is 20.2 Å². The molecule has 4 atom stereocenters. The maximum Gasteiger partial charge on any atom is 0.192 e. The predicted molar refractivity (Wildman–Crippen MR) is 132 cm³/mol. The van der Waals surface area contributed by atoms with Crippen LogP contribution in [0.2, 0.25) is 18.1 Å². The van der Waals surface area contributed by atoms with Crippen molar-refractivity contribution < 1.29 is 9.22 Å². The fourth-order valence-corrected chi connectivity index (χ4v) is 9.87. The van der Waals surface area contributed by atoms with E-state index >= 15 is 0 Å². The van der Waals surface area contributed by atoms with Gasteiger partial charge in [0, 0.05) is 11.8 Å². The number of aldehydes is 1. The molecule has 0 N–H and O–H groups in total. The van der Waals surface area contributed by atoms with E-state index in [0.29, 0.717) is 5.92 Å². The zero-order valence-electron chi connectivity index (χ0n) is 21.1. The smallest absolute Gasteiger partial charge is 0.192 e. The third-order valence-electron chi connectivity index (χ3n) is 8.83. The fraction of sp³-hybridized carbons (Fsp3) is 0.815. The van der Waals surface area contributed by atoms with Crippen LogP contribution >= 0.6 is 0 Å². The molecule has 2 rings (SSSR count). The quantitative estimate of drug-likeness (QED) is 0.241. The summed E-state index contributed by atoms with van der Waals surface area (Å²) in [5.74, 6) is 0.904. The summed E-state index contributed by atoms with van der Waals surface area (Å²) in [4.78, 5) is 12.5. The molecule has 0 aliphatic heterocycles. The Morgan fingerprint density at radius 2 is 1.70 bits per heavy atom. The lowest BCUT2D eigenvalue weighted by Gasteiger charge is -2.58. The average Bonchev–Trinajstić information content (AvgIpc) is 2.70. The molecule has 0 aromatic carbocycles. The van der Waals surface area contributed by atoms with Gasteiger partial charge in [-0.2, -0.15) is 0 Å². The molecule has 0 amide bonds. The maximum absolute atomic E-state index is 12.5. The number of hydrogen-bond donors (Lipinski definition) is 0. The lowest BCUT2D eigenvalue weighted by molar-refractivity contribution is -0.142. The van der Waals surface area contributed by atoms with E-state index in [1.807, 2.05) is 0 Å². The highest BCUT2D eigenvalue weighted by Crippen LogP contribution is 2.57. The molecule has 30 heavy (non-hydrogen) atoms. The Bertz CT molecular complexity index is 635. The monoisotopic (exact) mass is 432 g/mol. The van der Waals surface area contributed by atoms with Gasteiger partial charge in [0.05, 0.1) is 5.60 Å². The number of allylic oxidation sites excluding steroid dienone is 4. The normalized spacial score (nSPS) is 36.5. The van der Waals surface area contributed by atoms with E-state index in [-0.39, 0.29) is 22.9 Å². The van der Waals surface area contributed by atoms with Crippen LogP contribution in [0.3, 0.4) is 0 Å². The Balaban J connectivity index is 2.55. The fourth-order valence-electron chi connectivity index (χ4n) is 6.72. The highest BCUT2D eigenvalue weighted by Gasteiger charge is 2.56. The Hall–Kier alpha value is -0.673. The highest BCUT2D eigenvalue weighted by molar-refractivity contribution is 6.73. The van der Waals surface area contributed by atoms with Crippen LogP contribution in [0.5, 0.6) is 0 Å². The molecule has 1 unspecified atom stereocenters. The van der Waals surface area contributed by atoms with Gasteiger partial charge in [-0.25, -0.2) is 0 Å². The second kappa shape index (κ2) is 10.3. The molecule has 1 saturated carbocycles. The van der Waals surface area contributed by atoms with E-state index in [0.717, 1.165) is 32.1 Å². The summed E-state index contributed by atoms with van der Waals surface area (Å²) < 4.78 is 7.29. The summed E-state index contributed by atoms with van der Waals surface area (Å²) in [7, 11) is -1.78. The molecule has 1 fully saturated rings. The molecule has 0 heterocycles. The molecule has 2 nitrogen and oxygen atoms in total. The summed E-state index contributed by atoms with van der Waals surface area (Å²) in [5.41, 5.74) is 2.75. The van der Waals surface area contributed by atoms with Crippen LogP contribution in [0.25, 0.3) is 0 Å². The van der Waals surface area contributed by atoms with Crippen molar-refractivity contribution in [3.8, 4) is 0 Å². The Morgan fingerprint density at radius 1 is 1.07 bits per heavy atom. The zero-order valence-corrected chi connectivity index (χ0v) is 22.1. The summed E-state index contributed by atoms with van der Waals surface area (Å²) >= 11 is 0. The summed E-state index contributed by atoms with van der Waals surface area (Å²) in [5, 5.41) is 0. The molecular weight excluding hydrogens is 384 g/mol. The molecule has 2 aliphatic rings. The number of hydrogen-bond acceptors (Lipinski definition) is 2. The van der Waals surface area contributed by atoms with Crippen molar-refractivity contribution in [3.63, 3.8) is 0 Å². The maximum atomic E-state index is 12.5. The number of carbonyl (C=O) groups excluding carboxylic acids is 1. The molecule has 2 bridgehead atoms. The molecule has 0 spiro atoms. The van der Waals surface area contributed by atoms with Crippen LogP contribution < -0.4 is 0 Å². The van der Waals surface area contributed by atoms with Gasteiger partial charge in [0.25, 0.3) is 0 Å². The first kappa shape index (κ1) is 25.6. The van der Waals surface area contributed by atoms with Crippen molar-refractivity contribution in [2.45, 2.75) is 118 Å². The minimum atomic E-state index is -1.78. The van der Waals surface area contributed by atoms with Gasteiger partial charge in [0.15, 0.2) is 8.32 Å². The third kappa shape index (κ3) is 5.38. The van der Waals surface area contributed by atoms with Gasteiger partial charge in [-0.15, -0.1) is 0 Å². The van der Waals surface area contributed by atoms with Crippen molar-refractivity contribution in [3.05, 3.63) is 23.3 Å². The van der Waals surface area contributed by atoms with Crippen molar-refractivity contribution >= 4 is 14.6 Å². The number of rotatable bonds is 6. The minimum Gasteiger partial charge on any atom is -0.411 e. The van der Waals surface area contributed by atoms with Crippen molar-refractivity contribution in [1.29, 1.82) is 0 Å². The second-order valence-corrected chi connectivity index (χ2v) is 15.8. The van der Waals surface area contributed by atoms with Gasteiger partial charge in [-0.1, -0.05) is 57.9 Å². The van der Waals surface area contributed by atoms with Gasteiger partial charge in [0.1, 0.15) is 6.29 Å². The standard InChI is InChI=1S/C27H48O2Si/c1-9-30(10-2,11-3)29-27(8)18-17-24-16-15-21(4)13-12-14-22(5)19-23(20-28)25(27)26(24,6)7/h14-15,20,23-25H,9-13,16-19H2,1-8H3/b21-15+,22-14+/t23-,24+,25?,27+/m1/s1. The zero-order chi connectivity index (χ0) is 22.6. The molecular formula is C27H48O2Si. The molecule has 3 heteroatoms. The van der Waals surface area contributed by atoms with Gasteiger partial charge in [-0.3, -0.25) is 0 Å². The topological polar surface area (TPSA) is 26.3 Å². The SMILES string of the molecule is CC[Si](CC)(CC)O[C@@]1(C)CC[C@@H]2C/C=C(\C)CC/C=C(\C)C[C@H](C=O)C1C2(C)C. The van der Waals surface area contributed by atoms with Crippen LogP contribution in [-0.2, 0) is 9.22 Å². The molecule has 0 aromatic heterocycles. The Kier molecular flexibility index (Phi) is 8.78. The minimum absolute atomic E-state index is 0.0332. The molecule has 0 saturated heterocycles. The van der Waals surface area contributed by atoms with Crippen LogP contribution in [0.15, 0.2) is 23.3 Å². The first-order chi connectivity index (χ1) is 14.1. The predicted octanol–water partition coefficient (Wildman–Crippen LogP) is 8.10. The van der Waals surface area contributed by atoms with Crippen LogP contribution in [0, 0.1) is 23.2 Å². The van der Waals surface area contributed by atoms with Crippen LogP contribution in [0.1, 0.15) is 93.9 Å². The molecule has 0 radical (unpaired) electrons. The largest absolute Gasteiger partial charge is 0.411 e. The number of fused-ring (bicyclic) bond motifs is 2. The third-order valence-corrected chi connectivity index (χ3v) is 13.6. The van der Waals surface area contributed by atoms with Crippen molar-refractivity contribution in [2.24, 2.45) is 23.2 Å². The van der Waals surface area contributed by atoms with Crippen molar-refractivity contribution in [2.75, 3.05) is 0 Å². The summed E-state index contributed by atoms with van der Waals surface area (Å²) in [6.07, 6.45) is 12.6. The molecule has 2 aliphatic carbocycles. The van der Waals surface area contributed by atoms with E-state index in [1.165, 1.54) is 42.0 Å². The average molecular weight is 433 g/mol. The second-order valence-electron chi connectivity index (χ2n) is 11.1. The molecule has 0 aromatic rings. The summed E-state index contributed by atoms with van der Waals surface area (Å²) in [6.45, 7) is 18.7. The lowest BCUT2D eigenvalue weighted by Crippen LogP contribution is -2.59. The van der Waals surface area contributed by atoms with Gasteiger partial charge in [0.2, 0.25) is 0 Å². The summed E-state index contributed by atoms with van der Waals surface area (Å²) in [6, 6.07) is 3.50. The first-order valence-electron chi connectivity index (χ1n) is 12.5. The number of carbonyl (C=O) groups is 1. The van der Waals surface area contributed by atoms with Gasteiger partial charge in [-0.05, 0) is 88.8 Å². The first-order valence-corrected chi connectivity index (χ1v) is 15.1. The lowest BCUT2D eigenvalue weighted by atomic mass is 9.52.